The van der Waals surface area contributed by atoms with Crippen LogP contribution in [-0.4, -0.2) is 16.3 Å². The van der Waals surface area contributed by atoms with Gasteiger partial charge in [0.15, 0.2) is 0 Å². The Morgan fingerprint density at radius 1 is 1.42 bits per heavy atom. The third-order valence-electron chi connectivity index (χ3n) is 4.49. The number of halogens is 1. The average Bonchev–Trinajstić information content (AvgIpc) is 2.97. The lowest BCUT2D eigenvalue weighted by atomic mass is 9.98. The molecule has 0 amide bonds. The van der Waals surface area contributed by atoms with Crippen molar-refractivity contribution in [3.05, 3.63) is 32.7 Å². The molecule has 1 aromatic rings. The molecule has 4 heteroatoms. The van der Waals surface area contributed by atoms with Gasteiger partial charge in [0.25, 0.3) is 5.56 Å². The Hall–Kier alpha value is -0.610. The molecule has 1 aromatic heterocycles. The molecule has 104 valence electrons. The van der Waals surface area contributed by atoms with Crippen LogP contribution in [-0.2, 0) is 11.3 Å². The molecule has 1 saturated carbocycles. The van der Waals surface area contributed by atoms with E-state index in [4.69, 9.17) is 4.74 Å². The molecule has 3 rings (SSSR count). The van der Waals surface area contributed by atoms with Crippen LogP contribution in [0.25, 0.3) is 0 Å². The number of aromatic nitrogens is 1. The van der Waals surface area contributed by atoms with Gasteiger partial charge in [-0.25, -0.2) is 0 Å². The summed E-state index contributed by atoms with van der Waals surface area (Å²) in [4.78, 5) is 12.1. The maximum Gasteiger partial charge on any atom is 0.253 e. The van der Waals surface area contributed by atoms with Crippen molar-refractivity contribution in [1.82, 2.24) is 4.57 Å². The second-order valence-electron chi connectivity index (χ2n) is 5.97. The van der Waals surface area contributed by atoms with Gasteiger partial charge in [-0.3, -0.25) is 4.79 Å². The number of ether oxygens (including phenoxy) is 1. The standard InChI is InChI=1S/C15H20BrNO2/c1-11-8-12(16)9-17(14(11)18)10-13-4-7-15(19-13)5-2-3-6-15/h8-9,13H,2-7,10H2,1H3. The first-order valence-electron chi connectivity index (χ1n) is 7.12. The summed E-state index contributed by atoms with van der Waals surface area (Å²) >= 11 is 3.46. The molecular weight excluding hydrogens is 306 g/mol. The van der Waals surface area contributed by atoms with E-state index in [0.717, 1.165) is 16.5 Å². The van der Waals surface area contributed by atoms with Gasteiger partial charge in [0, 0.05) is 16.2 Å². The molecule has 2 heterocycles. The van der Waals surface area contributed by atoms with Crippen LogP contribution >= 0.6 is 15.9 Å². The predicted octanol–water partition coefficient (Wildman–Crippen LogP) is 3.41. The zero-order chi connectivity index (χ0) is 13.5. The molecule has 1 aliphatic carbocycles. The normalized spacial score (nSPS) is 25.3. The SMILES string of the molecule is Cc1cc(Br)cn(CC2CCC3(CCCC3)O2)c1=O. The van der Waals surface area contributed by atoms with Crippen LogP contribution in [0.4, 0.5) is 0 Å². The van der Waals surface area contributed by atoms with Crippen LogP contribution in [0.3, 0.4) is 0 Å². The number of pyridine rings is 1. The molecule has 0 bridgehead atoms. The molecule has 1 spiro atoms. The molecule has 3 nitrogen and oxygen atoms in total. The third kappa shape index (κ3) is 2.65. The zero-order valence-corrected chi connectivity index (χ0v) is 12.9. The van der Waals surface area contributed by atoms with Gasteiger partial charge in [-0.05, 0) is 54.6 Å². The molecule has 1 aliphatic heterocycles. The molecule has 0 radical (unpaired) electrons. The average molecular weight is 326 g/mol. The molecule has 19 heavy (non-hydrogen) atoms. The Labute approximate surface area is 122 Å². The van der Waals surface area contributed by atoms with E-state index in [0.29, 0.717) is 6.54 Å². The summed E-state index contributed by atoms with van der Waals surface area (Å²) in [5.41, 5.74) is 1.03. The first-order chi connectivity index (χ1) is 9.08. The van der Waals surface area contributed by atoms with Gasteiger partial charge in [-0.1, -0.05) is 12.8 Å². The first-order valence-corrected chi connectivity index (χ1v) is 7.92. The van der Waals surface area contributed by atoms with Crippen molar-refractivity contribution in [3.8, 4) is 0 Å². The number of rotatable bonds is 2. The van der Waals surface area contributed by atoms with Crippen molar-refractivity contribution in [2.75, 3.05) is 0 Å². The second kappa shape index (κ2) is 5.06. The summed E-state index contributed by atoms with van der Waals surface area (Å²) in [5.74, 6) is 0. The summed E-state index contributed by atoms with van der Waals surface area (Å²) in [6.45, 7) is 2.54. The van der Waals surface area contributed by atoms with Crippen LogP contribution in [0.1, 0.15) is 44.1 Å². The van der Waals surface area contributed by atoms with E-state index in [-0.39, 0.29) is 17.3 Å². The molecule has 1 atom stereocenters. The Morgan fingerprint density at radius 3 is 2.89 bits per heavy atom. The van der Waals surface area contributed by atoms with E-state index in [2.05, 4.69) is 15.9 Å². The molecule has 1 saturated heterocycles. The van der Waals surface area contributed by atoms with Crippen molar-refractivity contribution >= 4 is 15.9 Å². The quantitative estimate of drug-likeness (QED) is 0.834. The highest BCUT2D eigenvalue weighted by molar-refractivity contribution is 9.10. The van der Waals surface area contributed by atoms with E-state index < -0.39 is 0 Å². The van der Waals surface area contributed by atoms with Gasteiger partial charge in [0.2, 0.25) is 0 Å². The number of hydrogen-bond donors (Lipinski definition) is 0. The monoisotopic (exact) mass is 325 g/mol. The van der Waals surface area contributed by atoms with Crippen molar-refractivity contribution in [3.63, 3.8) is 0 Å². The molecule has 1 unspecified atom stereocenters. The highest BCUT2D eigenvalue weighted by Gasteiger charge is 2.42. The van der Waals surface area contributed by atoms with Gasteiger partial charge >= 0.3 is 0 Å². The van der Waals surface area contributed by atoms with E-state index >= 15 is 0 Å². The molecule has 2 aliphatic rings. The largest absolute Gasteiger partial charge is 0.370 e. The summed E-state index contributed by atoms with van der Waals surface area (Å²) in [6, 6.07) is 1.87. The maximum absolute atomic E-state index is 12.1. The topological polar surface area (TPSA) is 31.2 Å². The van der Waals surface area contributed by atoms with E-state index in [1.54, 1.807) is 4.57 Å². The van der Waals surface area contributed by atoms with Gasteiger partial charge in [-0.2, -0.15) is 0 Å². The van der Waals surface area contributed by atoms with Crippen molar-refractivity contribution < 1.29 is 4.74 Å². The summed E-state index contributed by atoms with van der Waals surface area (Å²) < 4.78 is 9.02. The first kappa shape index (κ1) is 13.4. The van der Waals surface area contributed by atoms with Gasteiger partial charge in [-0.15, -0.1) is 0 Å². The highest BCUT2D eigenvalue weighted by Crippen LogP contribution is 2.43. The van der Waals surface area contributed by atoms with Gasteiger partial charge in [0.1, 0.15) is 0 Å². The zero-order valence-electron chi connectivity index (χ0n) is 11.3. The van der Waals surface area contributed by atoms with Gasteiger partial charge in [0.05, 0.1) is 18.2 Å². The lowest BCUT2D eigenvalue weighted by molar-refractivity contribution is -0.0421. The molecule has 0 aromatic carbocycles. The summed E-state index contributed by atoms with van der Waals surface area (Å²) in [7, 11) is 0. The highest BCUT2D eigenvalue weighted by atomic mass is 79.9. The van der Waals surface area contributed by atoms with Crippen molar-refractivity contribution in [2.45, 2.75) is 63.7 Å². The van der Waals surface area contributed by atoms with E-state index in [9.17, 15) is 4.79 Å². The summed E-state index contributed by atoms with van der Waals surface area (Å²) in [5, 5.41) is 0. The fourth-order valence-electron chi connectivity index (χ4n) is 3.51. The summed E-state index contributed by atoms with van der Waals surface area (Å²) in [6.07, 6.45) is 9.32. The van der Waals surface area contributed by atoms with Crippen molar-refractivity contribution in [1.29, 1.82) is 0 Å². The second-order valence-corrected chi connectivity index (χ2v) is 6.88. The van der Waals surface area contributed by atoms with Crippen LogP contribution in [0.5, 0.6) is 0 Å². The lowest BCUT2D eigenvalue weighted by Gasteiger charge is -2.24. The van der Waals surface area contributed by atoms with Crippen LogP contribution < -0.4 is 5.56 Å². The van der Waals surface area contributed by atoms with Gasteiger partial charge < -0.3 is 9.30 Å². The van der Waals surface area contributed by atoms with Crippen molar-refractivity contribution in [2.24, 2.45) is 0 Å². The number of nitrogens with zero attached hydrogens (tertiary/aromatic N) is 1. The fourth-order valence-corrected chi connectivity index (χ4v) is 4.10. The Morgan fingerprint density at radius 2 is 2.16 bits per heavy atom. The minimum absolute atomic E-state index is 0.0965. The number of aryl methyl sites for hydroxylation is 1. The van der Waals surface area contributed by atoms with E-state index in [1.165, 1.54) is 32.1 Å². The molecular formula is C15H20BrNO2. The van der Waals surface area contributed by atoms with Crippen LogP contribution in [0, 0.1) is 6.92 Å². The Balaban J connectivity index is 1.74. The van der Waals surface area contributed by atoms with Crippen LogP contribution in [0.2, 0.25) is 0 Å². The number of hydrogen-bond acceptors (Lipinski definition) is 2. The van der Waals surface area contributed by atoms with E-state index in [1.807, 2.05) is 19.2 Å². The minimum atomic E-state index is 0.0965. The third-order valence-corrected chi connectivity index (χ3v) is 4.92. The lowest BCUT2D eigenvalue weighted by Crippen LogP contribution is -2.30. The predicted molar refractivity (Wildman–Crippen MR) is 78.4 cm³/mol. The maximum atomic E-state index is 12.1. The minimum Gasteiger partial charge on any atom is -0.370 e. The Kier molecular flexibility index (Phi) is 3.56. The smallest absolute Gasteiger partial charge is 0.253 e. The molecule has 0 N–H and O–H groups in total. The Bertz CT molecular complexity index is 531. The molecule has 2 fully saturated rings. The fraction of sp³-hybridized carbons (Fsp3) is 0.667. The van der Waals surface area contributed by atoms with Crippen LogP contribution in [0.15, 0.2) is 21.5 Å².